The molecule has 0 spiro atoms. The SMILES string of the molecule is O.O=C(O)O.[Ti]. The van der Waals surface area contributed by atoms with Gasteiger partial charge in [0.25, 0.3) is 0 Å². The Bertz CT molecular complexity index is 30.5. The second-order valence-electron chi connectivity index (χ2n) is 0.283. The molecule has 0 aromatic rings. The largest absolute Gasteiger partial charge is 0.503 e. The molecule has 0 saturated carbocycles. The van der Waals surface area contributed by atoms with Gasteiger partial charge in [0.05, 0.1) is 0 Å². The molecule has 0 rings (SSSR count). The molecule has 0 aliphatic rings. The zero-order valence-corrected chi connectivity index (χ0v) is 4.36. The normalized spacial score (nSPS) is 4.00. The van der Waals surface area contributed by atoms with E-state index in [2.05, 4.69) is 0 Å². The first-order valence-electron chi connectivity index (χ1n) is 0.651. The van der Waals surface area contributed by atoms with E-state index in [-0.39, 0.29) is 27.2 Å². The molecule has 0 heterocycles. The standard InChI is InChI=1S/CH2O3.H2O.Ti/c2-1(3)4;;/h(H2,2,3,4);1H2;. The summed E-state index contributed by atoms with van der Waals surface area (Å²) in [5.41, 5.74) is 0. The Kier molecular flexibility index (Phi) is 24.8. The van der Waals surface area contributed by atoms with Crippen molar-refractivity contribution in [3.05, 3.63) is 0 Å². The van der Waals surface area contributed by atoms with Gasteiger partial charge in [0.15, 0.2) is 0 Å². The summed E-state index contributed by atoms with van der Waals surface area (Å²) < 4.78 is 0. The molecule has 0 fully saturated rings. The van der Waals surface area contributed by atoms with Crippen molar-refractivity contribution in [1.29, 1.82) is 0 Å². The Labute approximate surface area is 49.0 Å². The molecule has 0 aliphatic heterocycles. The van der Waals surface area contributed by atoms with Crippen LogP contribution in [-0.2, 0) is 21.7 Å². The van der Waals surface area contributed by atoms with Crippen LogP contribution in [0.15, 0.2) is 0 Å². The summed E-state index contributed by atoms with van der Waals surface area (Å²) in [7, 11) is 0. The van der Waals surface area contributed by atoms with Crippen molar-refractivity contribution in [3.8, 4) is 0 Å². The predicted octanol–water partition coefficient (Wildman–Crippen LogP) is -0.605. The smallest absolute Gasteiger partial charge is 0.450 e. The maximum Gasteiger partial charge on any atom is 0.503 e. The minimum absolute atomic E-state index is 0. The van der Waals surface area contributed by atoms with Crippen molar-refractivity contribution in [2.45, 2.75) is 0 Å². The number of rotatable bonds is 0. The van der Waals surface area contributed by atoms with E-state index < -0.39 is 6.16 Å². The molecular formula is CH4O4Ti. The summed E-state index contributed by atoms with van der Waals surface area (Å²) in [6, 6.07) is 0. The van der Waals surface area contributed by atoms with Gasteiger partial charge in [-0.15, -0.1) is 0 Å². The first-order chi connectivity index (χ1) is 1.73. The first-order valence-corrected chi connectivity index (χ1v) is 0.651. The van der Waals surface area contributed by atoms with Crippen LogP contribution in [0.2, 0.25) is 0 Å². The zero-order valence-electron chi connectivity index (χ0n) is 2.80. The van der Waals surface area contributed by atoms with E-state index in [0.717, 1.165) is 0 Å². The fourth-order valence-corrected chi connectivity index (χ4v) is 0. The third-order valence-corrected chi connectivity index (χ3v) is 0. The van der Waals surface area contributed by atoms with Gasteiger partial charge < -0.3 is 15.7 Å². The van der Waals surface area contributed by atoms with E-state index in [1.807, 2.05) is 0 Å². The van der Waals surface area contributed by atoms with Crippen molar-refractivity contribution in [3.63, 3.8) is 0 Å². The maximum atomic E-state index is 8.56. The number of carboxylic acid groups (broad SMARTS) is 2. The van der Waals surface area contributed by atoms with Gasteiger partial charge in [-0.1, -0.05) is 0 Å². The van der Waals surface area contributed by atoms with E-state index in [9.17, 15) is 0 Å². The molecule has 0 amide bonds. The van der Waals surface area contributed by atoms with Gasteiger partial charge in [0, 0.05) is 21.7 Å². The van der Waals surface area contributed by atoms with Crippen LogP contribution in [0.4, 0.5) is 4.79 Å². The Hall–Kier alpha value is -0.0557. The molecule has 0 atom stereocenters. The molecule has 0 unspecified atom stereocenters. The van der Waals surface area contributed by atoms with Crippen molar-refractivity contribution >= 4 is 6.16 Å². The van der Waals surface area contributed by atoms with Crippen LogP contribution in [0, 0.1) is 0 Å². The maximum absolute atomic E-state index is 8.56. The Morgan fingerprint density at radius 1 is 1.33 bits per heavy atom. The fraction of sp³-hybridized carbons (Fsp3) is 0. The van der Waals surface area contributed by atoms with Gasteiger partial charge in [0.1, 0.15) is 0 Å². The van der Waals surface area contributed by atoms with Crippen molar-refractivity contribution in [1.82, 2.24) is 0 Å². The molecule has 6 heavy (non-hydrogen) atoms. The summed E-state index contributed by atoms with van der Waals surface area (Å²) in [6.07, 6.45) is -1.83. The molecule has 0 aromatic heterocycles. The minimum atomic E-state index is -1.83. The van der Waals surface area contributed by atoms with Crippen LogP contribution in [0.25, 0.3) is 0 Å². The predicted molar refractivity (Wildman–Crippen MR) is 14.3 cm³/mol. The molecule has 36 valence electrons. The molecular weight excluding hydrogens is 124 g/mol. The Morgan fingerprint density at radius 2 is 1.33 bits per heavy atom. The monoisotopic (exact) mass is 128 g/mol. The van der Waals surface area contributed by atoms with E-state index >= 15 is 0 Å². The quantitative estimate of drug-likeness (QED) is 0.426. The molecule has 0 radical (unpaired) electrons. The molecule has 4 N–H and O–H groups in total. The first kappa shape index (κ1) is 16.8. The van der Waals surface area contributed by atoms with Crippen LogP contribution in [0.5, 0.6) is 0 Å². The Balaban J connectivity index is -0.0000000450. The van der Waals surface area contributed by atoms with Crippen molar-refractivity contribution in [2.75, 3.05) is 0 Å². The summed E-state index contributed by atoms with van der Waals surface area (Å²) >= 11 is 0. The zero-order chi connectivity index (χ0) is 3.58. The molecule has 0 aliphatic carbocycles. The molecule has 4 nitrogen and oxygen atoms in total. The number of hydrogen-bond acceptors (Lipinski definition) is 1. The minimum Gasteiger partial charge on any atom is -0.450 e. The van der Waals surface area contributed by atoms with E-state index in [1.165, 1.54) is 0 Å². The average molecular weight is 128 g/mol. The molecule has 0 bridgehead atoms. The van der Waals surface area contributed by atoms with Crippen LogP contribution in [0.3, 0.4) is 0 Å². The van der Waals surface area contributed by atoms with Crippen LogP contribution in [-0.4, -0.2) is 21.8 Å². The van der Waals surface area contributed by atoms with Crippen molar-refractivity contribution in [2.24, 2.45) is 0 Å². The molecule has 0 aromatic carbocycles. The van der Waals surface area contributed by atoms with Gasteiger partial charge in [-0.2, -0.15) is 0 Å². The third-order valence-electron chi connectivity index (χ3n) is 0. The second-order valence-corrected chi connectivity index (χ2v) is 0.283. The van der Waals surface area contributed by atoms with Gasteiger partial charge in [0.2, 0.25) is 0 Å². The van der Waals surface area contributed by atoms with E-state index in [0.29, 0.717) is 0 Å². The third kappa shape index (κ3) is 11000. The van der Waals surface area contributed by atoms with Crippen LogP contribution in [0.1, 0.15) is 0 Å². The number of hydrogen-bond donors (Lipinski definition) is 2. The van der Waals surface area contributed by atoms with Gasteiger partial charge >= 0.3 is 6.16 Å². The summed E-state index contributed by atoms with van der Waals surface area (Å²) in [4.78, 5) is 8.56. The van der Waals surface area contributed by atoms with Gasteiger partial charge in [-0.05, 0) is 0 Å². The van der Waals surface area contributed by atoms with Crippen LogP contribution < -0.4 is 0 Å². The summed E-state index contributed by atoms with van der Waals surface area (Å²) in [5.74, 6) is 0. The van der Waals surface area contributed by atoms with Crippen LogP contribution >= 0.6 is 0 Å². The topological polar surface area (TPSA) is 89.0 Å². The van der Waals surface area contributed by atoms with Gasteiger partial charge in [-0.3, -0.25) is 0 Å². The molecule has 0 saturated heterocycles. The van der Waals surface area contributed by atoms with Gasteiger partial charge in [-0.25, -0.2) is 4.79 Å². The van der Waals surface area contributed by atoms with E-state index in [1.54, 1.807) is 0 Å². The molecule has 5 heteroatoms. The fourth-order valence-electron chi connectivity index (χ4n) is 0. The number of carbonyl (C=O) groups is 1. The average Bonchev–Trinajstić information content (AvgIpc) is 0.811. The summed E-state index contributed by atoms with van der Waals surface area (Å²) in [6.45, 7) is 0. The van der Waals surface area contributed by atoms with Crippen molar-refractivity contribution < 1.29 is 42.2 Å². The second kappa shape index (κ2) is 8.87. The van der Waals surface area contributed by atoms with E-state index in [4.69, 9.17) is 15.0 Å². The Morgan fingerprint density at radius 3 is 1.33 bits per heavy atom. The summed E-state index contributed by atoms with van der Waals surface area (Å²) in [5, 5.41) is 13.9.